The highest BCUT2D eigenvalue weighted by molar-refractivity contribution is 5.95. The molecule has 0 saturated carbocycles. The van der Waals surface area contributed by atoms with E-state index in [1.165, 1.54) is 0 Å². The van der Waals surface area contributed by atoms with Crippen molar-refractivity contribution in [2.45, 2.75) is 24.9 Å². The molecule has 3 rings (SSSR count). The second-order valence-electron chi connectivity index (χ2n) is 5.48. The van der Waals surface area contributed by atoms with E-state index in [0.29, 0.717) is 13.1 Å². The van der Waals surface area contributed by atoms with E-state index < -0.39 is 0 Å². The second kappa shape index (κ2) is 5.25. The van der Waals surface area contributed by atoms with Crippen molar-refractivity contribution in [1.82, 2.24) is 9.80 Å². The maximum absolute atomic E-state index is 12.4. The van der Waals surface area contributed by atoms with Gasteiger partial charge in [-0.25, -0.2) is 0 Å². The number of rotatable bonds is 3. The molecule has 2 N–H and O–H groups in total. The van der Waals surface area contributed by atoms with E-state index in [2.05, 4.69) is 0 Å². The quantitative estimate of drug-likeness (QED) is 0.873. The SMILES string of the molecule is NC(CN1CC(=O)N2CCCC2C1=O)c1ccccc1. The summed E-state index contributed by atoms with van der Waals surface area (Å²) < 4.78 is 0. The highest BCUT2D eigenvalue weighted by Gasteiger charge is 2.42. The molecule has 2 heterocycles. The van der Waals surface area contributed by atoms with Gasteiger partial charge in [0.25, 0.3) is 0 Å². The van der Waals surface area contributed by atoms with E-state index in [4.69, 9.17) is 5.73 Å². The smallest absolute Gasteiger partial charge is 0.245 e. The van der Waals surface area contributed by atoms with E-state index in [-0.39, 0.29) is 30.4 Å². The van der Waals surface area contributed by atoms with Crippen LogP contribution < -0.4 is 5.73 Å². The molecule has 2 unspecified atom stereocenters. The third-order valence-electron chi connectivity index (χ3n) is 4.14. The van der Waals surface area contributed by atoms with E-state index in [9.17, 15) is 9.59 Å². The predicted octanol–water partition coefficient (Wildman–Crippen LogP) is 0.520. The fourth-order valence-electron chi connectivity index (χ4n) is 3.06. The lowest BCUT2D eigenvalue weighted by atomic mass is 10.1. The molecule has 0 bridgehead atoms. The summed E-state index contributed by atoms with van der Waals surface area (Å²) in [5.41, 5.74) is 7.14. The van der Waals surface area contributed by atoms with Gasteiger partial charge in [0.2, 0.25) is 11.8 Å². The van der Waals surface area contributed by atoms with Crippen LogP contribution in [0.3, 0.4) is 0 Å². The minimum Gasteiger partial charge on any atom is -0.330 e. The fourth-order valence-corrected chi connectivity index (χ4v) is 3.06. The Morgan fingerprint density at radius 1 is 1.25 bits per heavy atom. The Kier molecular flexibility index (Phi) is 3.44. The van der Waals surface area contributed by atoms with Crippen LogP contribution in [0.2, 0.25) is 0 Å². The molecule has 20 heavy (non-hydrogen) atoms. The zero-order valence-corrected chi connectivity index (χ0v) is 11.4. The molecule has 0 aliphatic carbocycles. The van der Waals surface area contributed by atoms with Crippen molar-refractivity contribution in [3.8, 4) is 0 Å². The van der Waals surface area contributed by atoms with E-state index in [0.717, 1.165) is 18.4 Å². The summed E-state index contributed by atoms with van der Waals surface area (Å²) in [7, 11) is 0. The Morgan fingerprint density at radius 3 is 2.75 bits per heavy atom. The predicted molar refractivity (Wildman–Crippen MR) is 74.7 cm³/mol. The third-order valence-corrected chi connectivity index (χ3v) is 4.14. The number of carbonyl (C=O) groups excluding carboxylic acids is 2. The Morgan fingerprint density at radius 2 is 2.00 bits per heavy atom. The zero-order chi connectivity index (χ0) is 14.1. The van der Waals surface area contributed by atoms with Crippen LogP contribution in [0.25, 0.3) is 0 Å². The van der Waals surface area contributed by atoms with Crippen molar-refractivity contribution in [2.75, 3.05) is 19.6 Å². The minimum atomic E-state index is -0.251. The summed E-state index contributed by atoms with van der Waals surface area (Å²) in [6.45, 7) is 1.28. The van der Waals surface area contributed by atoms with Gasteiger partial charge in [0.05, 0.1) is 6.54 Å². The third kappa shape index (κ3) is 2.29. The summed E-state index contributed by atoms with van der Waals surface area (Å²) in [4.78, 5) is 27.8. The van der Waals surface area contributed by atoms with Gasteiger partial charge in [-0.15, -0.1) is 0 Å². The molecule has 0 spiro atoms. The topological polar surface area (TPSA) is 66.6 Å². The van der Waals surface area contributed by atoms with Crippen LogP contribution in [0.1, 0.15) is 24.4 Å². The first kappa shape index (κ1) is 13.1. The Hall–Kier alpha value is -1.88. The fraction of sp³-hybridized carbons (Fsp3) is 0.467. The van der Waals surface area contributed by atoms with Crippen LogP contribution in [-0.4, -0.2) is 47.3 Å². The largest absolute Gasteiger partial charge is 0.330 e. The number of nitrogens with zero attached hydrogens (tertiary/aromatic N) is 2. The molecule has 106 valence electrons. The van der Waals surface area contributed by atoms with Crippen molar-refractivity contribution in [3.63, 3.8) is 0 Å². The highest BCUT2D eigenvalue weighted by atomic mass is 16.2. The maximum Gasteiger partial charge on any atom is 0.245 e. The van der Waals surface area contributed by atoms with Crippen LogP contribution in [-0.2, 0) is 9.59 Å². The minimum absolute atomic E-state index is 0.0485. The summed E-state index contributed by atoms with van der Waals surface area (Å²) in [6.07, 6.45) is 1.70. The number of benzene rings is 1. The van der Waals surface area contributed by atoms with E-state index in [1.54, 1.807) is 9.80 Å². The number of fused-ring (bicyclic) bond motifs is 1. The first-order chi connectivity index (χ1) is 9.66. The first-order valence-corrected chi connectivity index (χ1v) is 7.05. The standard InChI is InChI=1S/C15H19N3O2/c16-12(11-5-2-1-3-6-11)9-17-10-14(19)18-8-4-7-13(18)15(17)20/h1-3,5-6,12-13H,4,7-10,16H2. The van der Waals surface area contributed by atoms with E-state index in [1.807, 2.05) is 30.3 Å². The zero-order valence-electron chi connectivity index (χ0n) is 11.4. The van der Waals surface area contributed by atoms with Crippen LogP contribution in [0, 0.1) is 0 Å². The number of piperazine rings is 1. The molecule has 2 saturated heterocycles. The number of amides is 2. The molecule has 5 nitrogen and oxygen atoms in total. The van der Waals surface area contributed by atoms with Crippen LogP contribution in [0.4, 0.5) is 0 Å². The van der Waals surface area contributed by atoms with Gasteiger partial charge in [-0.3, -0.25) is 9.59 Å². The molecule has 2 fully saturated rings. The Balaban J connectivity index is 1.71. The average molecular weight is 273 g/mol. The molecule has 0 radical (unpaired) electrons. The van der Waals surface area contributed by atoms with Gasteiger partial charge in [-0.05, 0) is 18.4 Å². The lowest BCUT2D eigenvalue weighted by Crippen LogP contribution is -2.58. The normalized spacial score (nSPS) is 23.9. The van der Waals surface area contributed by atoms with Crippen molar-refractivity contribution in [3.05, 3.63) is 35.9 Å². The lowest BCUT2D eigenvalue weighted by molar-refractivity contribution is -0.153. The molecule has 1 aromatic rings. The summed E-state index contributed by atoms with van der Waals surface area (Å²) in [5, 5.41) is 0. The number of carbonyl (C=O) groups is 2. The van der Waals surface area contributed by atoms with Gasteiger partial charge in [0.15, 0.2) is 0 Å². The molecular formula is C15H19N3O2. The molecule has 2 aliphatic heterocycles. The molecule has 2 atom stereocenters. The molecule has 0 aromatic heterocycles. The average Bonchev–Trinajstić information content (AvgIpc) is 2.95. The van der Waals surface area contributed by atoms with Crippen molar-refractivity contribution < 1.29 is 9.59 Å². The second-order valence-corrected chi connectivity index (χ2v) is 5.48. The molecule has 2 aliphatic rings. The van der Waals surface area contributed by atoms with Gasteiger partial charge >= 0.3 is 0 Å². The summed E-state index contributed by atoms with van der Waals surface area (Å²) in [6, 6.07) is 9.18. The first-order valence-electron chi connectivity index (χ1n) is 7.05. The Bertz CT molecular complexity index is 517. The van der Waals surface area contributed by atoms with Gasteiger partial charge in [-0.1, -0.05) is 30.3 Å². The van der Waals surface area contributed by atoms with Gasteiger partial charge < -0.3 is 15.5 Å². The lowest BCUT2D eigenvalue weighted by Gasteiger charge is -2.37. The van der Waals surface area contributed by atoms with Crippen LogP contribution in [0.5, 0.6) is 0 Å². The van der Waals surface area contributed by atoms with Gasteiger partial charge in [0.1, 0.15) is 6.04 Å². The number of hydrogen-bond acceptors (Lipinski definition) is 3. The number of nitrogens with two attached hydrogens (primary N) is 1. The molecule has 1 aromatic carbocycles. The number of hydrogen-bond donors (Lipinski definition) is 1. The van der Waals surface area contributed by atoms with E-state index >= 15 is 0 Å². The molecular weight excluding hydrogens is 254 g/mol. The summed E-state index contributed by atoms with van der Waals surface area (Å²) in [5.74, 6) is 0.0980. The maximum atomic E-state index is 12.4. The van der Waals surface area contributed by atoms with Crippen molar-refractivity contribution >= 4 is 11.8 Å². The molecule has 5 heteroatoms. The summed E-state index contributed by atoms with van der Waals surface area (Å²) >= 11 is 0. The van der Waals surface area contributed by atoms with Gasteiger partial charge in [0, 0.05) is 19.1 Å². The monoisotopic (exact) mass is 273 g/mol. The van der Waals surface area contributed by atoms with Gasteiger partial charge in [-0.2, -0.15) is 0 Å². The molecule has 2 amide bonds. The van der Waals surface area contributed by atoms with Crippen molar-refractivity contribution in [2.24, 2.45) is 5.73 Å². The van der Waals surface area contributed by atoms with Crippen LogP contribution >= 0.6 is 0 Å². The van der Waals surface area contributed by atoms with Crippen LogP contribution in [0.15, 0.2) is 30.3 Å². The van der Waals surface area contributed by atoms with Crippen molar-refractivity contribution in [1.29, 1.82) is 0 Å². The highest BCUT2D eigenvalue weighted by Crippen LogP contribution is 2.24. The Labute approximate surface area is 118 Å².